The van der Waals surface area contributed by atoms with Gasteiger partial charge in [0, 0.05) is 23.3 Å². The second kappa shape index (κ2) is 4.11. The van der Waals surface area contributed by atoms with Crippen LogP contribution in [0, 0.1) is 0 Å². The van der Waals surface area contributed by atoms with Crippen molar-refractivity contribution in [2.75, 3.05) is 0 Å². The van der Waals surface area contributed by atoms with E-state index in [1.165, 1.54) is 0 Å². The number of alkyl halides is 1. The van der Waals surface area contributed by atoms with E-state index in [0.717, 1.165) is 16.7 Å². The molecule has 2 rings (SSSR count). The molecule has 13 heavy (non-hydrogen) atoms. The van der Waals surface area contributed by atoms with E-state index in [-0.39, 0.29) is 22.5 Å². The fourth-order valence-corrected chi connectivity index (χ4v) is 1.44. The average Bonchev–Trinajstić information content (AvgIpc) is 2.49. The Balaban J connectivity index is 0.000000845. The summed E-state index contributed by atoms with van der Waals surface area (Å²) < 4.78 is 1.59. The topological polar surface area (TPSA) is 37.3 Å². The third kappa shape index (κ3) is 1.86. The minimum atomic E-state index is -0.00375. The first-order valence-electron chi connectivity index (χ1n) is 3.56. The summed E-state index contributed by atoms with van der Waals surface area (Å²) in [5.74, 6) is 0. The molecule has 0 aliphatic carbocycles. The number of hydrogen-bond donors (Lipinski definition) is 1. The van der Waals surface area contributed by atoms with Crippen molar-refractivity contribution in [2.24, 2.45) is 0 Å². The molecule has 3 nitrogen and oxygen atoms in total. The highest BCUT2D eigenvalue weighted by molar-refractivity contribution is 9.08. The van der Waals surface area contributed by atoms with Crippen LogP contribution in [0.15, 0.2) is 29.2 Å². The number of nitrogens with zero attached hydrogens (tertiary/aromatic N) is 1. The molecule has 0 aromatic carbocycles. The molecule has 0 fully saturated rings. The molecule has 0 aliphatic heterocycles. The van der Waals surface area contributed by atoms with Gasteiger partial charge in [-0.25, -0.2) is 0 Å². The molecule has 70 valence electrons. The molecule has 0 radical (unpaired) electrons. The quantitative estimate of drug-likeness (QED) is 0.805. The maximum atomic E-state index is 11.2. The smallest absolute Gasteiger partial charge is 0.256 e. The van der Waals surface area contributed by atoms with Crippen molar-refractivity contribution in [3.05, 3.63) is 40.4 Å². The van der Waals surface area contributed by atoms with Gasteiger partial charge in [-0.1, -0.05) is 22.0 Å². The van der Waals surface area contributed by atoms with Gasteiger partial charge in [0.15, 0.2) is 0 Å². The van der Waals surface area contributed by atoms with Gasteiger partial charge in [0.25, 0.3) is 5.56 Å². The molecule has 2 aromatic heterocycles. The van der Waals surface area contributed by atoms with Crippen LogP contribution in [0.3, 0.4) is 0 Å². The van der Waals surface area contributed by atoms with Crippen molar-refractivity contribution in [3.63, 3.8) is 0 Å². The van der Waals surface area contributed by atoms with Crippen LogP contribution in [-0.2, 0) is 5.33 Å². The molecular weight excluding hydrogens is 300 g/mol. The average molecular weight is 308 g/mol. The number of pyridine rings is 1. The van der Waals surface area contributed by atoms with Gasteiger partial charge in [-0.15, -0.1) is 17.0 Å². The summed E-state index contributed by atoms with van der Waals surface area (Å²) in [6.45, 7) is 0. The van der Waals surface area contributed by atoms with Gasteiger partial charge >= 0.3 is 0 Å². The fraction of sp³-hybridized carbons (Fsp3) is 0.125. The number of fused-ring (bicyclic) bond motifs is 1. The Morgan fingerprint density at radius 3 is 2.85 bits per heavy atom. The molecule has 0 amide bonds. The number of H-pyrrole nitrogens is 1. The molecule has 1 N–H and O–H groups in total. The van der Waals surface area contributed by atoms with Crippen LogP contribution in [0.4, 0.5) is 0 Å². The predicted molar refractivity (Wildman–Crippen MR) is 61.0 cm³/mol. The van der Waals surface area contributed by atoms with Gasteiger partial charge in [-0.2, -0.15) is 0 Å². The molecule has 0 aliphatic rings. The van der Waals surface area contributed by atoms with E-state index in [0.29, 0.717) is 0 Å². The third-order valence-electron chi connectivity index (χ3n) is 1.71. The number of hydrogen-bond acceptors (Lipinski definition) is 1. The molecule has 0 bridgehead atoms. The second-order valence-corrected chi connectivity index (χ2v) is 3.09. The highest BCUT2D eigenvalue weighted by Crippen LogP contribution is 2.04. The van der Waals surface area contributed by atoms with Crippen molar-refractivity contribution in [2.45, 2.75) is 5.33 Å². The Bertz CT molecular complexity index is 460. The highest BCUT2D eigenvalue weighted by Gasteiger charge is 1.98. The zero-order valence-electron chi connectivity index (χ0n) is 6.66. The maximum absolute atomic E-state index is 11.2. The van der Waals surface area contributed by atoms with Crippen LogP contribution in [-0.4, -0.2) is 9.38 Å². The van der Waals surface area contributed by atoms with Gasteiger partial charge < -0.3 is 4.98 Å². The van der Waals surface area contributed by atoms with E-state index in [1.807, 2.05) is 6.07 Å². The standard InChI is InChI=1S/C8H7BrN2O.BrH/c9-4-6-5-11-7(10-6)2-1-3-8(11)12;/h1-3,5,10H,4H2;1H. The first kappa shape index (κ1) is 10.5. The summed E-state index contributed by atoms with van der Waals surface area (Å²) in [5, 5.41) is 0.730. The molecule has 5 heteroatoms. The molecular formula is C8H8Br2N2O. The largest absolute Gasteiger partial charge is 0.343 e. The number of aromatic amines is 1. The lowest BCUT2D eigenvalue weighted by atomic mass is 10.5. The third-order valence-corrected chi connectivity index (χ3v) is 2.31. The second-order valence-electron chi connectivity index (χ2n) is 2.53. The number of aromatic nitrogens is 2. The van der Waals surface area contributed by atoms with Crippen molar-refractivity contribution in [1.82, 2.24) is 9.38 Å². The summed E-state index contributed by atoms with van der Waals surface area (Å²) in [5.41, 5.74) is 1.83. The monoisotopic (exact) mass is 306 g/mol. The number of imidazole rings is 1. The fourth-order valence-electron chi connectivity index (χ4n) is 1.16. The lowest BCUT2D eigenvalue weighted by molar-refractivity contribution is 1.11. The van der Waals surface area contributed by atoms with E-state index in [2.05, 4.69) is 20.9 Å². The van der Waals surface area contributed by atoms with Gasteiger partial charge in [0.2, 0.25) is 0 Å². The zero-order valence-corrected chi connectivity index (χ0v) is 9.96. The van der Waals surface area contributed by atoms with E-state index in [1.54, 1.807) is 22.7 Å². The van der Waals surface area contributed by atoms with Crippen LogP contribution in [0.2, 0.25) is 0 Å². The maximum Gasteiger partial charge on any atom is 0.256 e. The summed E-state index contributed by atoms with van der Waals surface area (Å²) >= 11 is 3.31. The highest BCUT2D eigenvalue weighted by atomic mass is 79.9. The van der Waals surface area contributed by atoms with Crippen LogP contribution >= 0.6 is 32.9 Å². The molecule has 2 aromatic rings. The van der Waals surface area contributed by atoms with Gasteiger partial charge in [0.1, 0.15) is 5.65 Å². The minimum Gasteiger partial charge on any atom is -0.343 e. The van der Waals surface area contributed by atoms with Crippen molar-refractivity contribution < 1.29 is 0 Å². The molecule has 0 saturated carbocycles. The van der Waals surface area contributed by atoms with Gasteiger partial charge in [-0.05, 0) is 6.07 Å². The zero-order chi connectivity index (χ0) is 8.55. The number of rotatable bonds is 1. The van der Waals surface area contributed by atoms with Crippen LogP contribution in [0.25, 0.3) is 5.65 Å². The van der Waals surface area contributed by atoms with Crippen LogP contribution < -0.4 is 5.56 Å². The van der Waals surface area contributed by atoms with Crippen molar-refractivity contribution >= 4 is 38.6 Å². The molecule has 0 unspecified atom stereocenters. The molecule has 0 saturated heterocycles. The van der Waals surface area contributed by atoms with E-state index in [9.17, 15) is 4.79 Å². The predicted octanol–water partition coefficient (Wildman–Crippen LogP) is 2.10. The summed E-state index contributed by atoms with van der Waals surface area (Å²) in [4.78, 5) is 14.3. The SMILES string of the molecule is Br.O=c1cccc2[nH]c(CBr)cn12. The Kier molecular flexibility index (Phi) is 3.33. The first-order valence-corrected chi connectivity index (χ1v) is 4.68. The number of halogens is 2. The van der Waals surface area contributed by atoms with Crippen molar-refractivity contribution in [3.8, 4) is 0 Å². The van der Waals surface area contributed by atoms with Crippen LogP contribution in [0.1, 0.15) is 5.69 Å². The van der Waals surface area contributed by atoms with Crippen LogP contribution in [0.5, 0.6) is 0 Å². The molecule has 2 heterocycles. The van der Waals surface area contributed by atoms with Gasteiger partial charge in [0.05, 0.1) is 0 Å². The summed E-state index contributed by atoms with van der Waals surface area (Å²) in [7, 11) is 0. The number of nitrogens with one attached hydrogen (secondary N) is 1. The Hall–Kier alpha value is -0.550. The van der Waals surface area contributed by atoms with E-state index in [4.69, 9.17) is 0 Å². The molecule has 0 spiro atoms. The lowest BCUT2D eigenvalue weighted by Crippen LogP contribution is -2.08. The van der Waals surface area contributed by atoms with E-state index < -0.39 is 0 Å². The summed E-state index contributed by atoms with van der Waals surface area (Å²) in [6.07, 6.45) is 1.80. The lowest BCUT2D eigenvalue weighted by Gasteiger charge is -1.87. The first-order chi connectivity index (χ1) is 5.81. The Morgan fingerprint density at radius 1 is 1.46 bits per heavy atom. The molecule has 0 atom stereocenters. The Labute approximate surface area is 93.7 Å². The minimum absolute atomic E-state index is 0. The van der Waals surface area contributed by atoms with Crippen molar-refractivity contribution in [1.29, 1.82) is 0 Å². The van der Waals surface area contributed by atoms with E-state index >= 15 is 0 Å². The van der Waals surface area contributed by atoms with Gasteiger partial charge in [-0.3, -0.25) is 9.20 Å². The normalized spacial score (nSPS) is 9.92. The summed E-state index contributed by atoms with van der Waals surface area (Å²) in [6, 6.07) is 5.15. The Morgan fingerprint density at radius 2 is 2.23 bits per heavy atom.